The SMILES string of the molecule is COC(=O)C(NCc1ccon1)C1CC1. The molecule has 82 valence electrons. The number of hydrogen-bond acceptors (Lipinski definition) is 5. The van der Waals surface area contributed by atoms with E-state index in [-0.39, 0.29) is 12.0 Å². The van der Waals surface area contributed by atoms with Gasteiger partial charge in [0.2, 0.25) is 0 Å². The highest BCUT2D eigenvalue weighted by Crippen LogP contribution is 2.33. The molecular weight excluding hydrogens is 196 g/mol. The molecule has 0 aliphatic heterocycles. The normalized spacial score (nSPS) is 17.4. The zero-order valence-electron chi connectivity index (χ0n) is 8.60. The quantitative estimate of drug-likeness (QED) is 0.725. The Kier molecular flexibility index (Phi) is 3.01. The van der Waals surface area contributed by atoms with Crippen molar-refractivity contribution in [2.75, 3.05) is 7.11 Å². The summed E-state index contributed by atoms with van der Waals surface area (Å²) in [7, 11) is 1.41. The maximum atomic E-state index is 11.4. The van der Waals surface area contributed by atoms with E-state index in [1.807, 2.05) is 0 Å². The molecular formula is C10H14N2O3. The fourth-order valence-electron chi connectivity index (χ4n) is 1.54. The topological polar surface area (TPSA) is 64.4 Å². The predicted molar refractivity (Wildman–Crippen MR) is 51.9 cm³/mol. The van der Waals surface area contributed by atoms with Crippen LogP contribution in [0.25, 0.3) is 0 Å². The van der Waals surface area contributed by atoms with Gasteiger partial charge in [-0.05, 0) is 18.8 Å². The van der Waals surface area contributed by atoms with Gasteiger partial charge in [-0.15, -0.1) is 0 Å². The lowest BCUT2D eigenvalue weighted by Gasteiger charge is -2.14. The predicted octanol–water partition coefficient (Wildman–Crippen LogP) is 0.716. The van der Waals surface area contributed by atoms with E-state index in [0.29, 0.717) is 12.5 Å². The second-order valence-corrected chi connectivity index (χ2v) is 3.71. The van der Waals surface area contributed by atoms with Crippen molar-refractivity contribution in [2.45, 2.75) is 25.4 Å². The standard InChI is InChI=1S/C10H14N2O3/c1-14-10(13)9(7-2-3-7)11-6-8-4-5-15-12-8/h4-5,7,9,11H,2-3,6H2,1H3. The Morgan fingerprint density at radius 2 is 2.60 bits per heavy atom. The Hall–Kier alpha value is -1.36. The van der Waals surface area contributed by atoms with Crippen LogP contribution in [-0.4, -0.2) is 24.3 Å². The molecule has 0 saturated heterocycles. The van der Waals surface area contributed by atoms with E-state index in [0.717, 1.165) is 18.5 Å². The van der Waals surface area contributed by atoms with Gasteiger partial charge in [0, 0.05) is 12.6 Å². The van der Waals surface area contributed by atoms with Crippen LogP contribution >= 0.6 is 0 Å². The number of nitrogens with zero attached hydrogens (tertiary/aromatic N) is 1. The number of hydrogen-bond donors (Lipinski definition) is 1. The summed E-state index contributed by atoms with van der Waals surface area (Å²) in [5.74, 6) is 0.227. The van der Waals surface area contributed by atoms with Crippen molar-refractivity contribution in [1.82, 2.24) is 10.5 Å². The maximum absolute atomic E-state index is 11.4. The molecule has 1 aliphatic carbocycles. The van der Waals surface area contributed by atoms with E-state index >= 15 is 0 Å². The molecule has 1 aliphatic rings. The summed E-state index contributed by atoms with van der Waals surface area (Å²) in [4.78, 5) is 11.4. The molecule has 5 heteroatoms. The number of carbonyl (C=O) groups is 1. The van der Waals surface area contributed by atoms with Crippen molar-refractivity contribution in [1.29, 1.82) is 0 Å². The number of esters is 1. The number of ether oxygens (including phenoxy) is 1. The largest absolute Gasteiger partial charge is 0.468 e. The highest BCUT2D eigenvalue weighted by atomic mass is 16.5. The molecule has 2 rings (SSSR count). The van der Waals surface area contributed by atoms with Crippen LogP contribution in [0.2, 0.25) is 0 Å². The number of aromatic nitrogens is 1. The molecule has 0 aromatic carbocycles. The second kappa shape index (κ2) is 4.44. The summed E-state index contributed by atoms with van der Waals surface area (Å²) < 4.78 is 9.44. The Bertz CT molecular complexity index is 319. The fourth-order valence-corrected chi connectivity index (χ4v) is 1.54. The molecule has 5 nitrogen and oxygen atoms in total. The van der Waals surface area contributed by atoms with Crippen LogP contribution in [0.1, 0.15) is 18.5 Å². The van der Waals surface area contributed by atoms with Gasteiger partial charge in [0.05, 0.1) is 12.8 Å². The summed E-state index contributed by atoms with van der Waals surface area (Å²) in [6.45, 7) is 0.534. The number of rotatable bonds is 5. The Balaban J connectivity index is 1.87. The van der Waals surface area contributed by atoms with Gasteiger partial charge < -0.3 is 9.26 Å². The average molecular weight is 210 g/mol. The first kappa shape index (κ1) is 10.2. The summed E-state index contributed by atoms with van der Waals surface area (Å²) in [5, 5.41) is 6.90. The van der Waals surface area contributed by atoms with Gasteiger partial charge in [0.15, 0.2) is 0 Å². The second-order valence-electron chi connectivity index (χ2n) is 3.71. The third kappa shape index (κ3) is 2.56. The Morgan fingerprint density at radius 1 is 1.80 bits per heavy atom. The van der Waals surface area contributed by atoms with Gasteiger partial charge in [-0.2, -0.15) is 0 Å². The molecule has 1 unspecified atom stereocenters. The minimum absolute atomic E-state index is 0.194. The van der Waals surface area contributed by atoms with Crippen LogP contribution in [0.3, 0.4) is 0 Å². The van der Waals surface area contributed by atoms with Gasteiger partial charge >= 0.3 is 5.97 Å². The smallest absolute Gasteiger partial charge is 0.323 e. The molecule has 1 aromatic heterocycles. The zero-order chi connectivity index (χ0) is 10.7. The van der Waals surface area contributed by atoms with E-state index in [4.69, 9.17) is 9.26 Å². The lowest BCUT2D eigenvalue weighted by Crippen LogP contribution is -2.39. The Labute approximate surface area is 87.8 Å². The summed E-state index contributed by atoms with van der Waals surface area (Å²) in [6, 6.07) is 1.57. The highest BCUT2D eigenvalue weighted by Gasteiger charge is 2.36. The third-order valence-electron chi connectivity index (χ3n) is 2.54. The first-order valence-electron chi connectivity index (χ1n) is 5.01. The molecule has 0 radical (unpaired) electrons. The van der Waals surface area contributed by atoms with E-state index in [2.05, 4.69) is 10.5 Å². The Morgan fingerprint density at radius 3 is 3.13 bits per heavy atom. The molecule has 1 atom stereocenters. The van der Waals surface area contributed by atoms with E-state index in [1.165, 1.54) is 13.4 Å². The molecule has 1 fully saturated rings. The number of methoxy groups -OCH3 is 1. The summed E-state index contributed by atoms with van der Waals surface area (Å²) >= 11 is 0. The summed E-state index contributed by atoms with van der Waals surface area (Å²) in [5.41, 5.74) is 0.796. The molecule has 0 bridgehead atoms. The van der Waals surface area contributed by atoms with Crippen molar-refractivity contribution in [3.63, 3.8) is 0 Å². The molecule has 0 amide bonds. The van der Waals surface area contributed by atoms with Crippen molar-refractivity contribution in [2.24, 2.45) is 5.92 Å². The molecule has 1 heterocycles. The third-order valence-corrected chi connectivity index (χ3v) is 2.54. The van der Waals surface area contributed by atoms with Crippen molar-refractivity contribution < 1.29 is 14.1 Å². The van der Waals surface area contributed by atoms with Gasteiger partial charge in [-0.1, -0.05) is 5.16 Å². The van der Waals surface area contributed by atoms with Gasteiger partial charge in [0.25, 0.3) is 0 Å². The van der Waals surface area contributed by atoms with Crippen molar-refractivity contribution in [3.05, 3.63) is 18.0 Å². The lowest BCUT2D eigenvalue weighted by atomic mass is 10.2. The van der Waals surface area contributed by atoms with Crippen LogP contribution in [0.4, 0.5) is 0 Å². The van der Waals surface area contributed by atoms with Crippen LogP contribution in [-0.2, 0) is 16.1 Å². The molecule has 15 heavy (non-hydrogen) atoms. The minimum atomic E-state index is -0.202. The number of carbonyl (C=O) groups excluding carboxylic acids is 1. The average Bonchev–Trinajstić information content (AvgIpc) is 2.95. The maximum Gasteiger partial charge on any atom is 0.323 e. The van der Waals surface area contributed by atoms with Crippen LogP contribution in [0.15, 0.2) is 16.9 Å². The summed E-state index contributed by atoms with van der Waals surface area (Å²) in [6.07, 6.45) is 3.69. The van der Waals surface area contributed by atoms with Gasteiger partial charge in [-0.25, -0.2) is 0 Å². The first-order valence-corrected chi connectivity index (χ1v) is 5.01. The molecule has 1 N–H and O–H groups in total. The van der Waals surface area contributed by atoms with Gasteiger partial charge in [-0.3, -0.25) is 10.1 Å². The fraction of sp³-hybridized carbons (Fsp3) is 0.600. The lowest BCUT2D eigenvalue weighted by molar-refractivity contribution is -0.143. The molecule has 1 saturated carbocycles. The van der Waals surface area contributed by atoms with Gasteiger partial charge in [0.1, 0.15) is 12.3 Å². The highest BCUT2D eigenvalue weighted by molar-refractivity contribution is 5.76. The van der Waals surface area contributed by atoms with E-state index in [1.54, 1.807) is 6.07 Å². The van der Waals surface area contributed by atoms with Crippen molar-refractivity contribution >= 4 is 5.97 Å². The van der Waals surface area contributed by atoms with Crippen LogP contribution < -0.4 is 5.32 Å². The monoisotopic (exact) mass is 210 g/mol. The van der Waals surface area contributed by atoms with Crippen LogP contribution in [0, 0.1) is 5.92 Å². The van der Waals surface area contributed by atoms with Crippen LogP contribution in [0.5, 0.6) is 0 Å². The zero-order valence-corrected chi connectivity index (χ0v) is 8.60. The molecule has 0 spiro atoms. The molecule has 1 aromatic rings. The van der Waals surface area contributed by atoms with E-state index < -0.39 is 0 Å². The first-order chi connectivity index (χ1) is 7.31. The van der Waals surface area contributed by atoms with E-state index in [9.17, 15) is 4.79 Å². The number of nitrogens with one attached hydrogen (secondary N) is 1. The van der Waals surface area contributed by atoms with Crippen molar-refractivity contribution in [3.8, 4) is 0 Å². The minimum Gasteiger partial charge on any atom is -0.468 e.